The second kappa shape index (κ2) is 9.53. The molecule has 0 saturated heterocycles. The fourth-order valence-electron chi connectivity index (χ4n) is 3.13. The van der Waals surface area contributed by atoms with Crippen LogP contribution >= 0.6 is 34.2 Å². The summed E-state index contributed by atoms with van der Waals surface area (Å²) in [5, 5.41) is 4.60. The first-order chi connectivity index (χ1) is 15.0. The summed E-state index contributed by atoms with van der Waals surface area (Å²) in [6.07, 6.45) is 1.74. The van der Waals surface area contributed by atoms with E-state index in [0.29, 0.717) is 34.4 Å². The quantitative estimate of drug-likeness (QED) is 0.221. The van der Waals surface area contributed by atoms with Crippen molar-refractivity contribution in [3.8, 4) is 11.5 Å². The molecule has 0 aliphatic carbocycles. The highest BCUT2D eigenvalue weighted by atomic mass is 127. The van der Waals surface area contributed by atoms with Crippen LogP contribution in [0.15, 0.2) is 77.5 Å². The van der Waals surface area contributed by atoms with Crippen LogP contribution in [0, 0.1) is 3.57 Å². The summed E-state index contributed by atoms with van der Waals surface area (Å²) in [7, 11) is 1.58. The minimum atomic E-state index is -0.492. The van der Waals surface area contributed by atoms with Crippen molar-refractivity contribution in [3.05, 3.63) is 97.6 Å². The molecular formula is C24H17ClINO4. The standard InChI is InChI=1S/C24H17ClINO4/c1-29-21-13-16(11-19-22(27-31-24(19)28)17-7-3-2-4-8-17)12-20(26)23(21)30-14-15-6-5-9-18(25)10-15/h2-13H,14H2,1H3/b19-11-. The zero-order valence-corrected chi connectivity index (χ0v) is 19.4. The van der Waals surface area contributed by atoms with Crippen LogP contribution in [-0.2, 0) is 16.2 Å². The van der Waals surface area contributed by atoms with Gasteiger partial charge >= 0.3 is 5.97 Å². The average Bonchev–Trinajstić information content (AvgIpc) is 3.13. The molecule has 0 N–H and O–H groups in total. The molecule has 0 unspecified atom stereocenters. The number of nitrogens with zero attached hydrogens (tertiary/aromatic N) is 1. The smallest absolute Gasteiger partial charge is 0.368 e. The molecule has 0 spiro atoms. The van der Waals surface area contributed by atoms with E-state index in [1.807, 2.05) is 66.7 Å². The molecule has 4 rings (SSSR count). The predicted octanol–water partition coefficient (Wildman–Crippen LogP) is 5.88. The molecular weight excluding hydrogens is 529 g/mol. The summed E-state index contributed by atoms with van der Waals surface area (Å²) in [6.45, 7) is 0.352. The maximum atomic E-state index is 12.3. The number of oxime groups is 1. The highest BCUT2D eigenvalue weighted by Crippen LogP contribution is 2.36. The molecule has 156 valence electrons. The third-order valence-electron chi connectivity index (χ3n) is 4.58. The second-order valence-electron chi connectivity index (χ2n) is 6.70. The number of hydrogen-bond acceptors (Lipinski definition) is 5. The van der Waals surface area contributed by atoms with Gasteiger partial charge < -0.3 is 14.3 Å². The lowest BCUT2D eigenvalue weighted by Gasteiger charge is -2.14. The molecule has 7 heteroatoms. The number of carbonyl (C=O) groups is 1. The van der Waals surface area contributed by atoms with E-state index < -0.39 is 5.97 Å². The third kappa shape index (κ3) is 4.91. The van der Waals surface area contributed by atoms with Crippen LogP contribution < -0.4 is 9.47 Å². The van der Waals surface area contributed by atoms with Gasteiger partial charge in [-0.05, 0) is 64.1 Å². The highest BCUT2D eigenvalue weighted by molar-refractivity contribution is 14.1. The van der Waals surface area contributed by atoms with Crippen LogP contribution in [0.2, 0.25) is 5.02 Å². The highest BCUT2D eigenvalue weighted by Gasteiger charge is 2.27. The monoisotopic (exact) mass is 545 g/mol. The molecule has 0 atom stereocenters. The number of rotatable bonds is 6. The van der Waals surface area contributed by atoms with E-state index in [2.05, 4.69) is 27.7 Å². The maximum Gasteiger partial charge on any atom is 0.368 e. The largest absolute Gasteiger partial charge is 0.493 e. The fourth-order valence-corrected chi connectivity index (χ4v) is 4.12. The normalized spacial score (nSPS) is 14.4. The molecule has 5 nitrogen and oxygen atoms in total. The minimum Gasteiger partial charge on any atom is -0.493 e. The first kappa shape index (κ1) is 21.4. The summed E-state index contributed by atoms with van der Waals surface area (Å²) < 4.78 is 12.4. The van der Waals surface area contributed by atoms with E-state index >= 15 is 0 Å². The van der Waals surface area contributed by atoms with Crippen molar-refractivity contribution in [1.29, 1.82) is 0 Å². The number of carbonyl (C=O) groups excluding carboxylic acids is 1. The van der Waals surface area contributed by atoms with Crippen LogP contribution in [0.1, 0.15) is 16.7 Å². The van der Waals surface area contributed by atoms with Gasteiger partial charge in [0.25, 0.3) is 0 Å². The lowest BCUT2D eigenvalue weighted by molar-refractivity contribution is -0.136. The van der Waals surface area contributed by atoms with Gasteiger partial charge in [-0.3, -0.25) is 0 Å². The predicted molar refractivity (Wildman–Crippen MR) is 129 cm³/mol. The van der Waals surface area contributed by atoms with E-state index in [-0.39, 0.29) is 0 Å². The molecule has 1 aliphatic rings. The van der Waals surface area contributed by atoms with Gasteiger partial charge in [0.15, 0.2) is 11.5 Å². The number of benzene rings is 3. The lowest BCUT2D eigenvalue weighted by atomic mass is 10.0. The Balaban J connectivity index is 1.63. The van der Waals surface area contributed by atoms with Crippen LogP contribution in [0.3, 0.4) is 0 Å². The van der Waals surface area contributed by atoms with Crippen molar-refractivity contribution in [2.45, 2.75) is 6.61 Å². The Morgan fingerprint density at radius 1 is 1.10 bits per heavy atom. The van der Waals surface area contributed by atoms with Crippen molar-refractivity contribution in [2.24, 2.45) is 5.16 Å². The molecule has 0 fully saturated rings. The summed E-state index contributed by atoms with van der Waals surface area (Å²) in [6, 6.07) is 20.7. The van der Waals surface area contributed by atoms with Gasteiger partial charge in [0.05, 0.1) is 16.3 Å². The van der Waals surface area contributed by atoms with Crippen molar-refractivity contribution in [1.82, 2.24) is 0 Å². The van der Waals surface area contributed by atoms with Gasteiger partial charge in [-0.25, -0.2) is 4.79 Å². The second-order valence-corrected chi connectivity index (χ2v) is 8.29. The number of ether oxygens (including phenoxy) is 2. The van der Waals surface area contributed by atoms with Crippen molar-refractivity contribution in [3.63, 3.8) is 0 Å². The van der Waals surface area contributed by atoms with Gasteiger partial charge in [-0.15, -0.1) is 0 Å². The van der Waals surface area contributed by atoms with Crippen molar-refractivity contribution >= 4 is 51.9 Å². The molecule has 0 saturated carbocycles. The summed E-state index contributed by atoms with van der Waals surface area (Å²) in [5.41, 5.74) is 3.42. The van der Waals surface area contributed by atoms with E-state index in [1.54, 1.807) is 13.2 Å². The molecule has 3 aromatic carbocycles. The lowest BCUT2D eigenvalue weighted by Crippen LogP contribution is -2.07. The van der Waals surface area contributed by atoms with E-state index in [9.17, 15) is 4.79 Å². The van der Waals surface area contributed by atoms with E-state index in [1.165, 1.54) is 0 Å². The Morgan fingerprint density at radius 2 is 1.90 bits per heavy atom. The number of halogens is 2. The zero-order valence-electron chi connectivity index (χ0n) is 16.5. The molecule has 3 aromatic rings. The molecule has 1 heterocycles. The Morgan fingerprint density at radius 3 is 2.65 bits per heavy atom. The first-order valence-corrected chi connectivity index (χ1v) is 10.8. The molecule has 0 bridgehead atoms. The zero-order chi connectivity index (χ0) is 21.8. The van der Waals surface area contributed by atoms with Gasteiger partial charge in [-0.1, -0.05) is 59.2 Å². The van der Waals surface area contributed by atoms with Gasteiger partial charge in [-0.2, -0.15) is 0 Å². The van der Waals surface area contributed by atoms with Crippen LogP contribution in [-0.4, -0.2) is 18.8 Å². The van der Waals surface area contributed by atoms with Crippen LogP contribution in [0.5, 0.6) is 11.5 Å². The Hall–Kier alpha value is -2.84. The van der Waals surface area contributed by atoms with E-state index in [0.717, 1.165) is 20.3 Å². The van der Waals surface area contributed by atoms with Gasteiger partial charge in [0, 0.05) is 10.6 Å². The van der Waals surface area contributed by atoms with Gasteiger partial charge in [0.1, 0.15) is 12.3 Å². The SMILES string of the molecule is COc1cc(/C=C2\C(=O)ON=C2c2ccccc2)cc(I)c1OCc1cccc(Cl)c1. The minimum absolute atomic E-state index is 0.352. The molecule has 0 aromatic heterocycles. The van der Waals surface area contributed by atoms with Crippen molar-refractivity contribution in [2.75, 3.05) is 7.11 Å². The molecule has 0 radical (unpaired) electrons. The molecule has 0 amide bonds. The first-order valence-electron chi connectivity index (χ1n) is 9.37. The summed E-state index contributed by atoms with van der Waals surface area (Å²) in [4.78, 5) is 17.2. The summed E-state index contributed by atoms with van der Waals surface area (Å²) >= 11 is 8.24. The summed E-state index contributed by atoms with van der Waals surface area (Å²) in [5.74, 6) is 0.690. The van der Waals surface area contributed by atoms with Crippen LogP contribution in [0.4, 0.5) is 0 Å². The topological polar surface area (TPSA) is 57.1 Å². The molecule has 31 heavy (non-hydrogen) atoms. The Kier molecular flexibility index (Phi) is 6.58. The fraction of sp³-hybridized carbons (Fsp3) is 0.0833. The van der Waals surface area contributed by atoms with Crippen molar-refractivity contribution < 1.29 is 19.1 Å². The van der Waals surface area contributed by atoms with Crippen LogP contribution in [0.25, 0.3) is 6.08 Å². The average molecular weight is 546 g/mol. The third-order valence-corrected chi connectivity index (χ3v) is 5.61. The number of methoxy groups -OCH3 is 1. The Labute approximate surface area is 198 Å². The molecule has 1 aliphatic heterocycles. The number of hydrogen-bond donors (Lipinski definition) is 0. The van der Waals surface area contributed by atoms with E-state index in [4.69, 9.17) is 25.9 Å². The van der Waals surface area contributed by atoms with Gasteiger partial charge in [0.2, 0.25) is 0 Å². The maximum absolute atomic E-state index is 12.3. The Bertz CT molecular complexity index is 1190.